The van der Waals surface area contributed by atoms with Gasteiger partial charge < -0.3 is 21.1 Å². The van der Waals surface area contributed by atoms with Gasteiger partial charge in [0.25, 0.3) is 5.91 Å². The number of carbonyl (C=O) groups is 2. The van der Waals surface area contributed by atoms with Gasteiger partial charge in [-0.25, -0.2) is 9.78 Å². The molecule has 0 atom stereocenters. The highest BCUT2D eigenvalue weighted by Crippen LogP contribution is 2.14. The zero-order valence-electron chi connectivity index (χ0n) is 12.0. The third-order valence-electron chi connectivity index (χ3n) is 2.78. The largest absolute Gasteiger partial charge is 0.505 e. The number of carbonyl (C=O) groups excluding carboxylic acids is 2. The fourth-order valence-electron chi connectivity index (χ4n) is 1.75. The van der Waals surface area contributed by atoms with Crippen molar-refractivity contribution in [1.29, 1.82) is 0 Å². The second kappa shape index (κ2) is 8.00. The van der Waals surface area contributed by atoms with E-state index in [0.29, 0.717) is 10.7 Å². The molecule has 0 fully saturated rings. The summed E-state index contributed by atoms with van der Waals surface area (Å²) in [5, 5.41) is 17.8. The van der Waals surface area contributed by atoms with Crippen LogP contribution in [0.25, 0.3) is 0 Å². The number of aromatic nitrogens is 1. The van der Waals surface area contributed by atoms with Crippen molar-refractivity contribution >= 4 is 29.2 Å². The molecule has 0 aliphatic rings. The van der Waals surface area contributed by atoms with Crippen LogP contribution in [0.5, 0.6) is 5.75 Å². The van der Waals surface area contributed by atoms with E-state index < -0.39 is 11.9 Å². The Morgan fingerprint density at radius 3 is 2.65 bits per heavy atom. The molecule has 0 bridgehead atoms. The zero-order valence-corrected chi connectivity index (χ0v) is 12.8. The number of nitrogens with one attached hydrogen (secondary N) is 3. The number of rotatable bonds is 5. The molecule has 4 N–H and O–H groups in total. The summed E-state index contributed by atoms with van der Waals surface area (Å²) < 4.78 is 0. The summed E-state index contributed by atoms with van der Waals surface area (Å²) >= 11 is 5.82. The summed E-state index contributed by atoms with van der Waals surface area (Å²) in [6, 6.07) is 9.23. The minimum atomic E-state index is -0.514. The number of hydrogen-bond donors (Lipinski definition) is 4. The number of halogens is 1. The second-order valence-corrected chi connectivity index (χ2v) is 4.95. The van der Waals surface area contributed by atoms with Crippen molar-refractivity contribution in [3.63, 3.8) is 0 Å². The first kappa shape index (κ1) is 16.6. The average molecular weight is 335 g/mol. The summed E-state index contributed by atoms with van der Waals surface area (Å²) in [7, 11) is 0. The Balaban J connectivity index is 1.72. The SMILES string of the molecule is O=C(NCCNC(=O)c1ncccc1O)Nc1cccc(Cl)c1. The molecule has 1 aromatic heterocycles. The molecule has 23 heavy (non-hydrogen) atoms. The van der Waals surface area contributed by atoms with E-state index in [1.165, 1.54) is 18.3 Å². The molecule has 0 spiro atoms. The monoisotopic (exact) mass is 334 g/mol. The predicted molar refractivity (Wildman–Crippen MR) is 86.7 cm³/mol. The number of hydrogen-bond acceptors (Lipinski definition) is 4. The maximum Gasteiger partial charge on any atom is 0.319 e. The fraction of sp³-hybridized carbons (Fsp3) is 0.133. The van der Waals surface area contributed by atoms with E-state index in [9.17, 15) is 14.7 Å². The Bertz CT molecular complexity index is 709. The van der Waals surface area contributed by atoms with E-state index in [1.54, 1.807) is 24.3 Å². The molecule has 0 saturated carbocycles. The number of benzene rings is 1. The van der Waals surface area contributed by atoms with E-state index in [4.69, 9.17) is 11.6 Å². The minimum Gasteiger partial charge on any atom is -0.505 e. The first-order chi connectivity index (χ1) is 11.1. The van der Waals surface area contributed by atoms with Gasteiger partial charge >= 0.3 is 6.03 Å². The zero-order chi connectivity index (χ0) is 16.7. The molecule has 0 aliphatic heterocycles. The van der Waals surface area contributed by atoms with Gasteiger partial charge in [-0.15, -0.1) is 0 Å². The van der Waals surface area contributed by atoms with Crippen molar-refractivity contribution in [2.24, 2.45) is 0 Å². The van der Waals surface area contributed by atoms with Gasteiger partial charge in [0.15, 0.2) is 5.69 Å². The molecular weight excluding hydrogens is 320 g/mol. The Morgan fingerprint density at radius 2 is 1.91 bits per heavy atom. The number of amides is 3. The molecule has 3 amide bonds. The normalized spacial score (nSPS) is 9.96. The summed E-state index contributed by atoms with van der Waals surface area (Å²) in [6.07, 6.45) is 1.41. The van der Waals surface area contributed by atoms with Crippen LogP contribution in [0.1, 0.15) is 10.5 Å². The van der Waals surface area contributed by atoms with Crippen molar-refractivity contribution in [2.75, 3.05) is 18.4 Å². The van der Waals surface area contributed by atoms with Crippen LogP contribution in [-0.2, 0) is 0 Å². The number of urea groups is 1. The van der Waals surface area contributed by atoms with Gasteiger partial charge in [0, 0.05) is 30.0 Å². The summed E-state index contributed by atoms with van der Waals surface area (Å²) in [4.78, 5) is 27.2. The molecule has 7 nitrogen and oxygen atoms in total. The van der Waals surface area contributed by atoms with Crippen molar-refractivity contribution in [3.05, 3.63) is 53.3 Å². The molecule has 8 heteroatoms. The summed E-state index contributed by atoms with van der Waals surface area (Å²) in [6.45, 7) is 0.406. The van der Waals surface area contributed by atoms with Gasteiger partial charge in [0.2, 0.25) is 0 Å². The molecule has 2 aromatic rings. The highest BCUT2D eigenvalue weighted by molar-refractivity contribution is 6.30. The highest BCUT2D eigenvalue weighted by atomic mass is 35.5. The van der Waals surface area contributed by atoms with Crippen molar-refractivity contribution in [2.45, 2.75) is 0 Å². The fourth-order valence-corrected chi connectivity index (χ4v) is 1.94. The van der Waals surface area contributed by atoms with Gasteiger partial charge in [-0.05, 0) is 30.3 Å². The maximum absolute atomic E-state index is 11.8. The van der Waals surface area contributed by atoms with Crippen LogP contribution in [0.4, 0.5) is 10.5 Å². The Hall–Kier alpha value is -2.80. The Labute approximate surface area is 137 Å². The third-order valence-corrected chi connectivity index (χ3v) is 3.02. The minimum absolute atomic E-state index is 0.0594. The van der Waals surface area contributed by atoms with E-state index in [-0.39, 0.29) is 24.5 Å². The first-order valence-corrected chi connectivity index (χ1v) is 7.16. The number of aromatic hydroxyl groups is 1. The molecule has 120 valence electrons. The lowest BCUT2D eigenvalue weighted by molar-refractivity contribution is 0.0946. The molecule has 0 radical (unpaired) electrons. The second-order valence-electron chi connectivity index (χ2n) is 4.52. The molecular formula is C15H15ClN4O3. The van der Waals surface area contributed by atoms with Crippen molar-refractivity contribution in [1.82, 2.24) is 15.6 Å². The predicted octanol–water partition coefficient (Wildman–Crippen LogP) is 1.99. The number of anilines is 1. The number of nitrogens with zero attached hydrogens (tertiary/aromatic N) is 1. The molecule has 2 rings (SSSR count). The van der Waals surface area contributed by atoms with Gasteiger partial charge in [0.05, 0.1) is 0 Å². The smallest absolute Gasteiger partial charge is 0.319 e. The van der Waals surface area contributed by atoms with Crippen LogP contribution in [0.15, 0.2) is 42.6 Å². The van der Waals surface area contributed by atoms with Crippen molar-refractivity contribution in [3.8, 4) is 5.75 Å². The van der Waals surface area contributed by atoms with Crippen LogP contribution < -0.4 is 16.0 Å². The van der Waals surface area contributed by atoms with E-state index >= 15 is 0 Å². The molecule has 0 aliphatic carbocycles. The molecule has 1 aromatic carbocycles. The van der Waals surface area contributed by atoms with Crippen LogP contribution in [0, 0.1) is 0 Å². The molecule has 1 heterocycles. The van der Waals surface area contributed by atoms with Crippen molar-refractivity contribution < 1.29 is 14.7 Å². The van der Waals surface area contributed by atoms with Gasteiger partial charge in [0.1, 0.15) is 5.75 Å². The van der Waals surface area contributed by atoms with Crippen LogP contribution in [0.2, 0.25) is 5.02 Å². The van der Waals surface area contributed by atoms with Crippen LogP contribution >= 0.6 is 11.6 Å². The third kappa shape index (κ3) is 5.15. The Morgan fingerprint density at radius 1 is 1.13 bits per heavy atom. The summed E-state index contributed by atoms with van der Waals surface area (Å²) in [5.74, 6) is -0.711. The highest BCUT2D eigenvalue weighted by Gasteiger charge is 2.11. The first-order valence-electron chi connectivity index (χ1n) is 6.79. The Kier molecular flexibility index (Phi) is 5.76. The van der Waals surface area contributed by atoms with E-state index in [0.717, 1.165) is 0 Å². The quantitative estimate of drug-likeness (QED) is 0.628. The van der Waals surface area contributed by atoms with Crippen LogP contribution in [-0.4, -0.2) is 35.1 Å². The average Bonchev–Trinajstić information content (AvgIpc) is 2.52. The molecule has 0 saturated heterocycles. The topological polar surface area (TPSA) is 103 Å². The lowest BCUT2D eigenvalue weighted by atomic mass is 10.3. The lowest BCUT2D eigenvalue weighted by Crippen LogP contribution is -2.37. The molecule has 0 unspecified atom stereocenters. The lowest BCUT2D eigenvalue weighted by Gasteiger charge is -2.09. The summed E-state index contributed by atoms with van der Waals surface area (Å²) in [5.41, 5.74) is 0.508. The van der Waals surface area contributed by atoms with E-state index in [1.807, 2.05) is 0 Å². The number of pyridine rings is 1. The van der Waals surface area contributed by atoms with Gasteiger partial charge in [-0.3, -0.25) is 4.79 Å². The van der Waals surface area contributed by atoms with Gasteiger partial charge in [-0.1, -0.05) is 17.7 Å². The van der Waals surface area contributed by atoms with E-state index in [2.05, 4.69) is 20.9 Å². The maximum atomic E-state index is 11.8. The van der Waals surface area contributed by atoms with Gasteiger partial charge in [-0.2, -0.15) is 0 Å². The standard InChI is InChI=1S/C15H15ClN4O3/c16-10-3-1-4-11(9-10)20-15(23)19-8-7-18-14(22)13-12(21)5-2-6-17-13/h1-6,9,21H,7-8H2,(H,18,22)(H2,19,20,23). The van der Waals surface area contributed by atoms with Crippen LogP contribution in [0.3, 0.4) is 0 Å².